The number of halogens is 2. The van der Waals surface area contributed by atoms with Gasteiger partial charge in [0, 0.05) is 36.1 Å². The van der Waals surface area contributed by atoms with Gasteiger partial charge in [0.05, 0.1) is 40.0 Å². The van der Waals surface area contributed by atoms with Crippen LogP contribution in [-0.4, -0.2) is 24.8 Å². The number of fused-ring (bicyclic) bond motifs is 1. The van der Waals surface area contributed by atoms with Crippen molar-refractivity contribution in [3.63, 3.8) is 0 Å². The lowest BCUT2D eigenvalue weighted by Gasteiger charge is -2.14. The lowest BCUT2D eigenvalue weighted by Crippen LogP contribution is -2.07. The zero-order valence-electron chi connectivity index (χ0n) is 20.0. The molecule has 0 saturated heterocycles. The van der Waals surface area contributed by atoms with Crippen molar-refractivity contribution in [1.29, 1.82) is 10.5 Å². The molecule has 0 atom stereocenters. The minimum absolute atomic E-state index is 0.0263. The number of hydrogen-bond acceptors (Lipinski definition) is 7. The van der Waals surface area contributed by atoms with Gasteiger partial charge in [0.15, 0.2) is 0 Å². The van der Waals surface area contributed by atoms with Crippen molar-refractivity contribution >= 4 is 39.6 Å². The highest BCUT2D eigenvalue weighted by atomic mass is 35.5. The molecule has 0 unspecified atom stereocenters. The van der Waals surface area contributed by atoms with E-state index in [1.165, 1.54) is 18.3 Å². The maximum Gasteiger partial charge on any atom is 0.141 e. The molecule has 0 aliphatic carbocycles. The summed E-state index contributed by atoms with van der Waals surface area (Å²) in [6.07, 6.45) is 1.49. The van der Waals surface area contributed by atoms with Gasteiger partial charge in [-0.25, -0.2) is 4.39 Å². The molecule has 37 heavy (non-hydrogen) atoms. The number of benzene rings is 3. The van der Waals surface area contributed by atoms with Gasteiger partial charge in [-0.05, 0) is 67.1 Å². The van der Waals surface area contributed by atoms with Gasteiger partial charge in [0.2, 0.25) is 0 Å². The van der Waals surface area contributed by atoms with Crippen molar-refractivity contribution in [2.24, 2.45) is 0 Å². The molecule has 0 amide bonds. The van der Waals surface area contributed by atoms with E-state index in [2.05, 4.69) is 27.8 Å². The predicted octanol–water partition coefficient (Wildman–Crippen LogP) is 6.54. The number of pyridine rings is 1. The quantitative estimate of drug-likeness (QED) is 0.231. The number of aromatic nitrogens is 1. The summed E-state index contributed by atoms with van der Waals surface area (Å²) in [5.41, 5.74) is 4.14. The number of ether oxygens (including phenoxy) is 2. The van der Waals surface area contributed by atoms with Crippen LogP contribution in [0.5, 0.6) is 5.75 Å². The number of nitrogens with zero attached hydrogens (tertiary/aromatic N) is 3. The molecule has 7 nitrogen and oxygen atoms in total. The Balaban J connectivity index is 1.59. The highest BCUT2D eigenvalue weighted by molar-refractivity contribution is 6.31. The summed E-state index contributed by atoms with van der Waals surface area (Å²) >= 11 is 5.93. The second-order valence-electron chi connectivity index (χ2n) is 7.97. The summed E-state index contributed by atoms with van der Waals surface area (Å²) < 4.78 is 24.7. The number of rotatable bonds is 10. The summed E-state index contributed by atoms with van der Waals surface area (Å²) in [6, 6.07) is 19.5. The van der Waals surface area contributed by atoms with Crippen molar-refractivity contribution in [1.82, 2.24) is 4.98 Å². The van der Waals surface area contributed by atoms with Gasteiger partial charge >= 0.3 is 0 Å². The van der Waals surface area contributed by atoms with E-state index >= 15 is 0 Å². The van der Waals surface area contributed by atoms with E-state index < -0.39 is 5.82 Å². The van der Waals surface area contributed by atoms with Crippen LogP contribution in [0.15, 0.2) is 60.8 Å². The number of nitriles is 2. The molecule has 0 saturated carbocycles. The standard InChI is InChI=1S/C28H23ClFN5O2/c1-2-36-9-10-37-23-6-3-18(14-31)19(11-23)16-33-21-5-8-27-24(12-21)28(20(15-32)17-34-27)35-22-4-7-26(30)25(29)13-22/h3-8,11-13,17,33H,2,9-10,16H2,1H3,(H,34,35). The second-order valence-corrected chi connectivity index (χ2v) is 8.38. The van der Waals surface area contributed by atoms with E-state index in [4.69, 9.17) is 21.1 Å². The molecular formula is C28H23ClFN5O2. The van der Waals surface area contributed by atoms with E-state index in [-0.39, 0.29) is 5.02 Å². The van der Waals surface area contributed by atoms with Crippen molar-refractivity contribution < 1.29 is 13.9 Å². The fourth-order valence-electron chi connectivity index (χ4n) is 3.72. The molecule has 0 aliphatic rings. The average molecular weight is 516 g/mol. The van der Waals surface area contributed by atoms with Crippen LogP contribution in [0.4, 0.5) is 21.5 Å². The summed E-state index contributed by atoms with van der Waals surface area (Å²) in [5, 5.41) is 26.4. The first kappa shape index (κ1) is 25.7. The van der Waals surface area contributed by atoms with Gasteiger partial charge < -0.3 is 20.1 Å². The van der Waals surface area contributed by atoms with Gasteiger partial charge in [0.1, 0.15) is 24.2 Å². The van der Waals surface area contributed by atoms with Gasteiger partial charge in [0.25, 0.3) is 0 Å². The van der Waals surface area contributed by atoms with E-state index in [1.807, 2.05) is 31.2 Å². The Morgan fingerprint density at radius 1 is 0.973 bits per heavy atom. The van der Waals surface area contributed by atoms with Gasteiger partial charge in [-0.2, -0.15) is 10.5 Å². The number of anilines is 3. The van der Waals surface area contributed by atoms with Crippen molar-refractivity contribution in [2.45, 2.75) is 13.5 Å². The zero-order chi connectivity index (χ0) is 26.2. The SMILES string of the molecule is CCOCCOc1ccc(C#N)c(CNc2ccc3ncc(C#N)c(Nc4ccc(F)c(Cl)c4)c3c2)c1. The van der Waals surface area contributed by atoms with Crippen LogP contribution < -0.4 is 15.4 Å². The summed E-state index contributed by atoms with van der Waals surface area (Å²) in [5.74, 6) is 0.126. The maximum atomic E-state index is 13.6. The predicted molar refractivity (Wildman–Crippen MR) is 142 cm³/mol. The second kappa shape index (κ2) is 12.0. The normalized spacial score (nSPS) is 10.5. The average Bonchev–Trinajstić information content (AvgIpc) is 2.92. The van der Waals surface area contributed by atoms with Crippen LogP contribution in [0.1, 0.15) is 23.6 Å². The molecule has 0 spiro atoms. The van der Waals surface area contributed by atoms with Crippen LogP contribution in [-0.2, 0) is 11.3 Å². The monoisotopic (exact) mass is 515 g/mol. The Bertz CT molecular complexity index is 1510. The first-order chi connectivity index (χ1) is 18.0. The minimum atomic E-state index is -0.528. The topological polar surface area (TPSA) is 103 Å². The Hall–Kier alpha value is -4.37. The molecule has 4 aromatic rings. The number of hydrogen-bond donors (Lipinski definition) is 2. The lowest BCUT2D eigenvalue weighted by molar-refractivity contribution is 0.110. The molecule has 1 heterocycles. The van der Waals surface area contributed by atoms with Crippen LogP contribution in [0, 0.1) is 28.5 Å². The lowest BCUT2D eigenvalue weighted by atomic mass is 10.1. The summed E-state index contributed by atoms with van der Waals surface area (Å²) in [7, 11) is 0. The molecule has 0 radical (unpaired) electrons. The Morgan fingerprint density at radius 3 is 2.54 bits per heavy atom. The Morgan fingerprint density at radius 2 is 1.78 bits per heavy atom. The van der Waals surface area contributed by atoms with E-state index in [0.29, 0.717) is 65.5 Å². The van der Waals surface area contributed by atoms with Crippen LogP contribution in [0.25, 0.3) is 10.9 Å². The highest BCUT2D eigenvalue weighted by Gasteiger charge is 2.12. The van der Waals surface area contributed by atoms with Crippen LogP contribution in [0.2, 0.25) is 5.02 Å². The number of nitrogens with one attached hydrogen (secondary N) is 2. The third kappa shape index (κ3) is 6.25. The van der Waals surface area contributed by atoms with Crippen molar-refractivity contribution in [3.8, 4) is 17.9 Å². The molecule has 186 valence electrons. The summed E-state index contributed by atoms with van der Waals surface area (Å²) in [4.78, 5) is 4.38. The highest BCUT2D eigenvalue weighted by Crippen LogP contribution is 2.32. The molecule has 1 aromatic heterocycles. The fraction of sp³-hybridized carbons (Fsp3) is 0.179. The molecule has 3 aromatic carbocycles. The third-order valence-corrected chi connectivity index (χ3v) is 5.85. The Labute approximate surface area is 219 Å². The fourth-order valence-corrected chi connectivity index (χ4v) is 3.90. The van der Waals surface area contributed by atoms with Crippen LogP contribution in [0.3, 0.4) is 0 Å². The smallest absolute Gasteiger partial charge is 0.141 e. The van der Waals surface area contributed by atoms with E-state index in [0.717, 1.165) is 11.3 Å². The third-order valence-electron chi connectivity index (χ3n) is 5.56. The largest absolute Gasteiger partial charge is 0.491 e. The first-order valence-corrected chi connectivity index (χ1v) is 11.9. The maximum absolute atomic E-state index is 13.6. The minimum Gasteiger partial charge on any atom is -0.491 e. The summed E-state index contributed by atoms with van der Waals surface area (Å²) in [6.45, 7) is 3.82. The molecule has 0 bridgehead atoms. The van der Waals surface area contributed by atoms with E-state index in [1.54, 1.807) is 18.2 Å². The van der Waals surface area contributed by atoms with Gasteiger partial charge in [-0.15, -0.1) is 0 Å². The van der Waals surface area contributed by atoms with Gasteiger partial charge in [-0.1, -0.05) is 11.6 Å². The molecule has 2 N–H and O–H groups in total. The first-order valence-electron chi connectivity index (χ1n) is 11.5. The molecule has 4 rings (SSSR count). The Kier molecular flexibility index (Phi) is 8.37. The van der Waals surface area contributed by atoms with Crippen molar-refractivity contribution in [2.75, 3.05) is 30.5 Å². The van der Waals surface area contributed by atoms with E-state index in [9.17, 15) is 14.9 Å². The molecule has 0 fully saturated rings. The molecular weight excluding hydrogens is 493 g/mol. The van der Waals surface area contributed by atoms with Gasteiger partial charge in [-0.3, -0.25) is 4.98 Å². The van der Waals surface area contributed by atoms with Crippen LogP contribution >= 0.6 is 11.6 Å². The molecule has 0 aliphatic heterocycles. The van der Waals surface area contributed by atoms with Crippen molar-refractivity contribution in [3.05, 3.63) is 88.3 Å². The molecule has 9 heteroatoms. The zero-order valence-corrected chi connectivity index (χ0v) is 20.8.